The van der Waals surface area contributed by atoms with E-state index in [4.69, 9.17) is 9.47 Å². The summed E-state index contributed by atoms with van der Waals surface area (Å²) in [6.45, 7) is 10.2. The lowest BCUT2D eigenvalue weighted by molar-refractivity contribution is 0.0661. The van der Waals surface area contributed by atoms with Crippen LogP contribution in [0.1, 0.15) is 41.8 Å². The van der Waals surface area contributed by atoms with E-state index in [0.29, 0.717) is 30.6 Å². The van der Waals surface area contributed by atoms with E-state index in [1.807, 2.05) is 30.0 Å². The Kier molecular flexibility index (Phi) is 9.12. The zero-order valence-corrected chi connectivity index (χ0v) is 20.0. The van der Waals surface area contributed by atoms with Crippen LogP contribution in [0.5, 0.6) is 5.75 Å². The molecule has 5 heteroatoms. The van der Waals surface area contributed by atoms with Crippen LogP contribution in [-0.2, 0) is 11.2 Å². The third-order valence-electron chi connectivity index (χ3n) is 6.32. The molecule has 1 fully saturated rings. The molecule has 1 heterocycles. The third kappa shape index (κ3) is 6.57. The summed E-state index contributed by atoms with van der Waals surface area (Å²) in [6.07, 6.45) is 1.87. The molecule has 0 bridgehead atoms. The van der Waals surface area contributed by atoms with Crippen LogP contribution in [0.15, 0.2) is 48.5 Å². The molecule has 1 N–H and O–H groups in total. The molecular formula is C27H38N2O3. The average Bonchev–Trinajstić information content (AvgIpc) is 3.22. The summed E-state index contributed by atoms with van der Waals surface area (Å²) in [5.74, 6) is 1.83. The van der Waals surface area contributed by atoms with Crippen LogP contribution in [0.3, 0.4) is 0 Å². The second-order valence-electron chi connectivity index (χ2n) is 9.09. The van der Waals surface area contributed by atoms with Gasteiger partial charge in [-0.15, -0.1) is 0 Å². The van der Waals surface area contributed by atoms with Crippen LogP contribution < -0.4 is 10.1 Å². The minimum absolute atomic E-state index is 0.0760. The van der Waals surface area contributed by atoms with Gasteiger partial charge in [-0.1, -0.05) is 36.4 Å². The summed E-state index contributed by atoms with van der Waals surface area (Å²) in [7, 11) is 1.69. The highest BCUT2D eigenvalue weighted by atomic mass is 16.5. The van der Waals surface area contributed by atoms with E-state index in [9.17, 15) is 4.79 Å². The van der Waals surface area contributed by atoms with Crippen molar-refractivity contribution in [1.29, 1.82) is 0 Å². The lowest BCUT2D eigenvalue weighted by atomic mass is 9.89. The van der Waals surface area contributed by atoms with Gasteiger partial charge in [-0.3, -0.25) is 4.79 Å². The second-order valence-corrected chi connectivity index (χ2v) is 9.09. The summed E-state index contributed by atoms with van der Waals surface area (Å²) < 4.78 is 11.0. The number of nitrogens with zero attached hydrogens (tertiary/aromatic N) is 1. The van der Waals surface area contributed by atoms with Gasteiger partial charge in [0.1, 0.15) is 5.75 Å². The monoisotopic (exact) mass is 438 g/mol. The van der Waals surface area contributed by atoms with E-state index < -0.39 is 0 Å². The number of hydrogen-bond donors (Lipinski definition) is 1. The van der Waals surface area contributed by atoms with Crippen molar-refractivity contribution < 1.29 is 14.3 Å². The van der Waals surface area contributed by atoms with Crippen LogP contribution in [0.25, 0.3) is 0 Å². The summed E-state index contributed by atoms with van der Waals surface area (Å²) >= 11 is 0. The highest BCUT2D eigenvalue weighted by Gasteiger charge is 2.31. The molecule has 2 aromatic rings. The van der Waals surface area contributed by atoms with Gasteiger partial charge in [0.25, 0.3) is 5.91 Å². The van der Waals surface area contributed by atoms with Crippen LogP contribution in [0.4, 0.5) is 0 Å². The summed E-state index contributed by atoms with van der Waals surface area (Å²) in [5, 5.41) is 3.55. The first-order chi connectivity index (χ1) is 15.5. The summed E-state index contributed by atoms with van der Waals surface area (Å²) in [5.41, 5.74) is 3.09. The molecule has 0 saturated carbocycles. The standard InChI is InChI=1S/C27H38N2O3/c1-20(2)29(19-25-18-28-17-24(25)15-22-9-6-5-7-10-22)27(30)23-12-11-21(3)26(16-23)32-14-8-13-31-4/h5-7,9-12,16,20,24-25,28H,8,13-15,17-19H2,1-4H3/t24-,25+/m1/s1. The molecule has 5 nitrogen and oxygen atoms in total. The zero-order chi connectivity index (χ0) is 22.9. The number of ether oxygens (including phenoxy) is 2. The second kappa shape index (κ2) is 12.0. The van der Waals surface area contributed by atoms with Crippen molar-refractivity contribution >= 4 is 5.91 Å². The maximum atomic E-state index is 13.5. The number of aryl methyl sites for hydroxylation is 1. The Bertz CT molecular complexity index is 853. The number of carbonyl (C=O) groups excluding carboxylic acids is 1. The van der Waals surface area contributed by atoms with Crippen LogP contribution in [0.2, 0.25) is 0 Å². The maximum Gasteiger partial charge on any atom is 0.254 e. The number of amides is 1. The average molecular weight is 439 g/mol. The van der Waals surface area contributed by atoms with Crippen LogP contribution >= 0.6 is 0 Å². The Morgan fingerprint density at radius 2 is 1.84 bits per heavy atom. The zero-order valence-electron chi connectivity index (χ0n) is 20.0. The van der Waals surface area contributed by atoms with Crippen molar-refractivity contribution in [2.24, 2.45) is 11.8 Å². The van der Waals surface area contributed by atoms with Gasteiger partial charge < -0.3 is 19.7 Å². The molecule has 3 rings (SSSR count). The molecule has 0 unspecified atom stereocenters. The number of hydrogen-bond acceptors (Lipinski definition) is 4. The molecular weight excluding hydrogens is 400 g/mol. The third-order valence-corrected chi connectivity index (χ3v) is 6.32. The lowest BCUT2D eigenvalue weighted by Gasteiger charge is -2.32. The predicted molar refractivity (Wildman–Crippen MR) is 129 cm³/mol. The fourth-order valence-electron chi connectivity index (χ4n) is 4.38. The molecule has 0 spiro atoms. The first-order valence-corrected chi connectivity index (χ1v) is 11.8. The molecule has 1 saturated heterocycles. The molecule has 1 aliphatic heterocycles. The Morgan fingerprint density at radius 3 is 2.56 bits per heavy atom. The number of carbonyl (C=O) groups is 1. The molecule has 1 amide bonds. The highest BCUT2D eigenvalue weighted by Crippen LogP contribution is 2.26. The number of nitrogens with one attached hydrogen (secondary N) is 1. The largest absolute Gasteiger partial charge is 0.493 e. The van der Waals surface area contributed by atoms with Crippen molar-refractivity contribution in [3.05, 3.63) is 65.2 Å². The molecule has 2 atom stereocenters. The van der Waals surface area contributed by atoms with E-state index >= 15 is 0 Å². The smallest absolute Gasteiger partial charge is 0.254 e. The van der Waals surface area contributed by atoms with Crippen LogP contribution in [-0.4, -0.2) is 56.8 Å². The molecule has 2 aromatic carbocycles. The lowest BCUT2D eigenvalue weighted by Crippen LogP contribution is -2.42. The van der Waals surface area contributed by atoms with Crippen molar-refractivity contribution in [3.63, 3.8) is 0 Å². The number of methoxy groups -OCH3 is 1. The van der Waals surface area contributed by atoms with E-state index in [-0.39, 0.29) is 11.9 Å². The Labute approximate surface area is 193 Å². The van der Waals surface area contributed by atoms with Gasteiger partial charge in [-0.2, -0.15) is 0 Å². The van der Waals surface area contributed by atoms with Gasteiger partial charge >= 0.3 is 0 Å². The molecule has 174 valence electrons. The maximum absolute atomic E-state index is 13.5. The van der Waals surface area contributed by atoms with Crippen molar-refractivity contribution in [2.75, 3.05) is 40.0 Å². The number of rotatable bonds is 11. The van der Waals surface area contributed by atoms with E-state index in [1.165, 1.54) is 5.56 Å². The van der Waals surface area contributed by atoms with Gasteiger partial charge in [-0.05, 0) is 75.4 Å². The van der Waals surface area contributed by atoms with Gasteiger partial charge in [0.05, 0.1) is 6.61 Å². The van der Waals surface area contributed by atoms with E-state index in [1.54, 1.807) is 7.11 Å². The molecule has 0 aromatic heterocycles. The van der Waals surface area contributed by atoms with Crippen molar-refractivity contribution in [1.82, 2.24) is 10.2 Å². The minimum atomic E-state index is 0.0760. The first-order valence-electron chi connectivity index (χ1n) is 11.8. The van der Waals surface area contributed by atoms with E-state index in [0.717, 1.165) is 43.8 Å². The minimum Gasteiger partial charge on any atom is -0.493 e. The van der Waals surface area contributed by atoms with E-state index in [2.05, 4.69) is 49.5 Å². The molecule has 0 aliphatic carbocycles. The van der Waals surface area contributed by atoms with Gasteiger partial charge in [0.15, 0.2) is 0 Å². The fraction of sp³-hybridized carbons (Fsp3) is 0.519. The van der Waals surface area contributed by atoms with Gasteiger partial charge in [0.2, 0.25) is 0 Å². The van der Waals surface area contributed by atoms with Gasteiger partial charge in [0, 0.05) is 38.3 Å². The molecule has 1 aliphatic rings. The predicted octanol–water partition coefficient (Wildman–Crippen LogP) is 4.34. The van der Waals surface area contributed by atoms with Crippen molar-refractivity contribution in [2.45, 2.75) is 39.7 Å². The van der Waals surface area contributed by atoms with Gasteiger partial charge in [-0.25, -0.2) is 0 Å². The Hall–Kier alpha value is -2.37. The van der Waals surface area contributed by atoms with Crippen molar-refractivity contribution in [3.8, 4) is 5.75 Å². The highest BCUT2D eigenvalue weighted by molar-refractivity contribution is 5.95. The Morgan fingerprint density at radius 1 is 1.09 bits per heavy atom. The summed E-state index contributed by atoms with van der Waals surface area (Å²) in [4.78, 5) is 15.5. The Balaban J connectivity index is 1.69. The van der Waals surface area contributed by atoms with Crippen LogP contribution in [0, 0.1) is 18.8 Å². The quantitative estimate of drug-likeness (QED) is 0.530. The SMILES string of the molecule is COCCCOc1cc(C(=O)N(C[C@@H]2CNC[C@H]2Cc2ccccc2)C(C)C)ccc1C. The molecule has 32 heavy (non-hydrogen) atoms. The fourth-order valence-corrected chi connectivity index (χ4v) is 4.38. The normalized spacial score (nSPS) is 18.2. The first kappa shape index (κ1) is 24.3. The number of benzene rings is 2. The topological polar surface area (TPSA) is 50.8 Å². The molecule has 0 radical (unpaired) electrons. The summed E-state index contributed by atoms with van der Waals surface area (Å²) in [6, 6.07) is 16.6.